The van der Waals surface area contributed by atoms with E-state index >= 15 is 0 Å². The van der Waals surface area contributed by atoms with Crippen LogP contribution in [0.2, 0.25) is 0 Å². The van der Waals surface area contributed by atoms with E-state index in [0.717, 1.165) is 0 Å². The minimum Gasteiger partial charge on any atom is -0.486 e. The zero-order chi connectivity index (χ0) is 17.1. The van der Waals surface area contributed by atoms with Gasteiger partial charge < -0.3 is 24.6 Å². The van der Waals surface area contributed by atoms with E-state index in [2.05, 4.69) is 0 Å². The van der Waals surface area contributed by atoms with Crippen molar-refractivity contribution in [3.63, 3.8) is 0 Å². The quantitative estimate of drug-likeness (QED) is 0.826. The molecule has 2 aliphatic heterocycles. The molecule has 0 radical (unpaired) electrons. The van der Waals surface area contributed by atoms with E-state index in [9.17, 15) is 24.6 Å². The lowest BCUT2D eigenvalue weighted by molar-refractivity contribution is -0.151. The van der Waals surface area contributed by atoms with Crippen LogP contribution >= 0.6 is 0 Å². The summed E-state index contributed by atoms with van der Waals surface area (Å²) in [5, 5.41) is 18.9. The largest absolute Gasteiger partial charge is 0.486 e. The molecule has 2 N–H and O–H groups in total. The lowest BCUT2D eigenvalue weighted by Gasteiger charge is -2.24. The van der Waals surface area contributed by atoms with E-state index in [4.69, 9.17) is 9.47 Å². The number of aliphatic carboxylic acids is 2. The van der Waals surface area contributed by atoms with Crippen molar-refractivity contribution in [2.75, 3.05) is 26.3 Å². The number of carboxylic acids is 2. The Bertz CT molecular complexity index is 748. The number of carboxylic acid groups (broad SMARTS) is 2. The minimum absolute atomic E-state index is 0.0565. The smallest absolute Gasteiger partial charge is 0.312 e. The maximum absolute atomic E-state index is 12.8. The SMILES string of the molecule is O=C(c1cccc2c1OCCO2)N1C[C@@]2(C(=O)O)C[C@@]2(C(=O)O)C1. The number of para-hydroxylation sites is 1. The van der Waals surface area contributed by atoms with Gasteiger partial charge in [0.05, 0.1) is 5.56 Å². The van der Waals surface area contributed by atoms with Crippen molar-refractivity contribution in [3.05, 3.63) is 23.8 Å². The molecular weight excluding hydrogens is 318 g/mol. The minimum atomic E-state index is -1.39. The van der Waals surface area contributed by atoms with Crippen LogP contribution in [0.15, 0.2) is 18.2 Å². The van der Waals surface area contributed by atoms with Crippen molar-refractivity contribution in [1.82, 2.24) is 4.90 Å². The second kappa shape index (κ2) is 4.62. The predicted molar refractivity (Wildman–Crippen MR) is 78.1 cm³/mol. The summed E-state index contributed by atoms with van der Waals surface area (Å²) in [7, 11) is 0. The molecule has 0 unspecified atom stereocenters. The summed E-state index contributed by atoms with van der Waals surface area (Å²) in [6.45, 7) is 0.476. The maximum atomic E-state index is 12.8. The molecule has 1 saturated heterocycles. The van der Waals surface area contributed by atoms with Crippen molar-refractivity contribution in [2.45, 2.75) is 6.42 Å². The third-order valence-electron chi connectivity index (χ3n) is 5.22. The molecule has 1 aromatic rings. The van der Waals surface area contributed by atoms with Gasteiger partial charge in [-0.2, -0.15) is 0 Å². The molecule has 3 aliphatic rings. The average Bonchev–Trinajstić information content (AvgIpc) is 3.12. The fourth-order valence-corrected chi connectivity index (χ4v) is 3.84. The number of carbonyl (C=O) groups excluding carboxylic acids is 1. The molecule has 0 bridgehead atoms. The highest BCUT2D eigenvalue weighted by atomic mass is 16.6. The normalized spacial score (nSPS) is 29.8. The summed E-state index contributed by atoms with van der Waals surface area (Å²) in [6, 6.07) is 4.91. The first kappa shape index (κ1) is 14.8. The average molecular weight is 333 g/mol. The van der Waals surface area contributed by atoms with Crippen molar-refractivity contribution < 1.29 is 34.1 Å². The Morgan fingerprint density at radius 1 is 1.00 bits per heavy atom. The lowest BCUT2D eigenvalue weighted by atomic mass is 9.97. The third-order valence-corrected chi connectivity index (χ3v) is 5.22. The number of hydrogen-bond acceptors (Lipinski definition) is 5. The highest BCUT2D eigenvalue weighted by molar-refractivity contribution is 6.01. The molecule has 2 atom stereocenters. The summed E-state index contributed by atoms with van der Waals surface area (Å²) in [5.74, 6) is -2.00. The van der Waals surface area contributed by atoms with E-state index in [1.807, 2.05) is 0 Å². The van der Waals surface area contributed by atoms with Crippen LogP contribution in [-0.2, 0) is 9.59 Å². The molecule has 126 valence electrons. The van der Waals surface area contributed by atoms with Gasteiger partial charge in [-0.05, 0) is 18.6 Å². The second-order valence-corrected chi connectivity index (χ2v) is 6.44. The van der Waals surface area contributed by atoms with Gasteiger partial charge in [-0.1, -0.05) is 6.07 Å². The Labute approximate surface area is 136 Å². The van der Waals surface area contributed by atoms with Crippen LogP contribution in [-0.4, -0.2) is 59.3 Å². The fraction of sp³-hybridized carbons (Fsp3) is 0.438. The van der Waals surface area contributed by atoms with Crippen LogP contribution in [0.5, 0.6) is 11.5 Å². The number of ether oxygens (including phenoxy) is 2. The fourth-order valence-electron chi connectivity index (χ4n) is 3.84. The van der Waals surface area contributed by atoms with Crippen LogP contribution in [0.1, 0.15) is 16.8 Å². The van der Waals surface area contributed by atoms with Crippen molar-refractivity contribution in [3.8, 4) is 11.5 Å². The van der Waals surface area contributed by atoms with Crippen LogP contribution in [0, 0.1) is 10.8 Å². The van der Waals surface area contributed by atoms with Gasteiger partial charge in [-0.3, -0.25) is 14.4 Å². The van der Waals surface area contributed by atoms with Gasteiger partial charge in [0.15, 0.2) is 11.5 Å². The van der Waals surface area contributed by atoms with Crippen LogP contribution in [0.25, 0.3) is 0 Å². The Kier molecular flexibility index (Phi) is 2.85. The first-order chi connectivity index (χ1) is 11.4. The number of likely N-dealkylation sites (tertiary alicyclic amines) is 1. The molecule has 2 heterocycles. The highest BCUT2D eigenvalue weighted by Crippen LogP contribution is 2.68. The number of benzene rings is 1. The molecule has 1 aromatic carbocycles. The summed E-state index contributed by atoms with van der Waals surface area (Å²) in [5.41, 5.74) is -2.52. The van der Waals surface area contributed by atoms with Gasteiger partial charge in [0, 0.05) is 13.1 Å². The second-order valence-electron chi connectivity index (χ2n) is 6.44. The van der Waals surface area contributed by atoms with E-state index in [0.29, 0.717) is 24.7 Å². The van der Waals surface area contributed by atoms with Gasteiger partial charge in [0.2, 0.25) is 0 Å². The number of fused-ring (bicyclic) bond motifs is 2. The topological polar surface area (TPSA) is 113 Å². The summed E-state index contributed by atoms with van der Waals surface area (Å²) in [6.07, 6.45) is 0.0565. The molecule has 1 amide bonds. The molecule has 8 heteroatoms. The van der Waals surface area contributed by atoms with E-state index in [1.54, 1.807) is 18.2 Å². The molecule has 1 saturated carbocycles. The molecular formula is C16H15NO7. The van der Waals surface area contributed by atoms with Gasteiger partial charge in [-0.25, -0.2) is 0 Å². The Morgan fingerprint density at radius 2 is 1.62 bits per heavy atom. The molecule has 4 rings (SSSR count). The number of piperidine rings is 1. The van der Waals surface area contributed by atoms with Gasteiger partial charge in [-0.15, -0.1) is 0 Å². The summed E-state index contributed by atoms with van der Waals surface area (Å²) < 4.78 is 11.0. The van der Waals surface area contributed by atoms with Crippen LogP contribution in [0.4, 0.5) is 0 Å². The maximum Gasteiger partial charge on any atom is 0.312 e. The summed E-state index contributed by atoms with van der Waals surface area (Å²) >= 11 is 0. The number of rotatable bonds is 3. The monoisotopic (exact) mass is 333 g/mol. The van der Waals surface area contributed by atoms with Crippen molar-refractivity contribution in [2.24, 2.45) is 10.8 Å². The first-order valence-electron chi connectivity index (χ1n) is 7.56. The lowest BCUT2D eigenvalue weighted by Crippen LogP contribution is -2.35. The zero-order valence-electron chi connectivity index (χ0n) is 12.7. The first-order valence-corrected chi connectivity index (χ1v) is 7.56. The Morgan fingerprint density at radius 3 is 2.25 bits per heavy atom. The van der Waals surface area contributed by atoms with Crippen molar-refractivity contribution >= 4 is 17.8 Å². The molecule has 0 spiro atoms. The standard InChI is InChI=1S/C16H15NO7/c18-12(9-2-1-3-10-11(9)24-5-4-23-10)17-7-15(13(19)20)6-16(15,8-17)14(21)22/h1-3H,4-8H2,(H,19,20)(H,21,22)/t15-,16+. The molecule has 1 aliphatic carbocycles. The number of amides is 1. The van der Waals surface area contributed by atoms with E-state index in [1.165, 1.54) is 4.90 Å². The predicted octanol–water partition coefficient (Wildman–Crippen LogP) is 0.459. The van der Waals surface area contributed by atoms with Crippen LogP contribution < -0.4 is 9.47 Å². The summed E-state index contributed by atoms with van der Waals surface area (Å²) in [4.78, 5) is 37.2. The molecule has 2 fully saturated rings. The Hall–Kier alpha value is -2.77. The van der Waals surface area contributed by atoms with Crippen LogP contribution in [0.3, 0.4) is 0 Å². The van der Waals surface area contributed by atoms with E-state index in [-0.39, 0.29) is 25.1 Å². The third kappa shape index (κ3) is 1.70. The molecule has 8 nitrogen and oxygen atoms in total. The van der Waals surface area contributed by atoms with Gasteiger partial charge in [0.1, 0.15) is 24.0 Å². The van der Waals surface area contributed by atoms with Gasteiger partial charge >= 0.3 is 11.9 Å². The van der Waals surface area contributed by atoms with E-state index < -0.39 is 28.7 Å². The zero-order valence-corrected chi connectivity index (χ0v) is 12.7. The Balaban J connectivity index is 1.66. The number of nitrogens with zero attached hydrogens (tertiary/aromatic N) is 1. The molecule has 24 heavy (non-hydrogen) atoms. The number of carbonyl (C=O) groups is 3. The number of hydrogen-bond donors (Lipinski definition) is 2. The highest BCUT2D eigenvalue weighted by Gasteiger charge is 2.81. The van der Waals surface area contributed by atoms with Crippen molar-refractivity contribution in [1.29, 1.82) is 0 Å². The molecule has 0 aromatic heterocycles. The van der Waals surface area contributed by atoms with Gasteiger partial charge in [0.25, 0.3) is 5.91 Å².